The minimum absolute atomic E-state index is 0.0332. The molecule has 2 rings (SSSR count). The molecular weight excluding hydrogens is 252 g/mol. The van der Waals surface area contributed by atoms with Crippen molar-refractivity contribution in [2.75, 3.05) is 25.0 Å². The van der Waals surface area contributed by atoms with Crippen molar-refractivity contribution >= 4 is 23.2 Å². The van der Waals surface area contributed by atoms with Crippen LogP contribution in [-0.4, -0.2) is 31.7 Å². The molecule has 1 atom stereocenters. The number of hydrogen-bond acceptors (Lipinski definition) is 3. The van der Waals surface area contributed by atoms with Gasteiger partial charge in [0.25, 0.3) is 0 Å². The molecule has 1 saturated heterocycles. The van der Waals surface area contributed by atoms with Gasteiger partial charge in [0, 0.05) is 23.8 Å². The summed E-state index contributed by atoms with van der Waals surface area (Å²) in [6.45, 7) is 4.17. The van der Waals surface area contributed by atoms with Crippen LogP contribution in [0.15, 0.2) is 18.2 Å². The SMILES string of the molecule is Cc1cc(Cl)ccc1NC(=O)CC1CNCCO1. The first-order valence-corrected chi connectivity index (χ1v) is 6.41. The quantitative estimate of drug-likeness (QED) is 0.881. The first-order chi connectivity index (χ1) is 8.65. The van der Waals surface area contributed by atoms with Crippen molar-refractivity contribution in [2.45, 2.75) is 19.4 Å². The van der Waals surface area contributed by atoms with E-state index in [1.165, 1.54) is 0 Å². The fourth-order valence-electron chi connectivity index (χ4n) is 1.93. The van der Waals surface area contributed by atoms with E-state index < -0.39 is 0 Å². The Labute approximate surface area is 112 Å². The summed E-state index contributed by atoms with van der Waals surface area (Å²) < 4.78 is 5.49. The van der Waals surface area contributed by atoms with Crippen LogP contribution in [0.25, 0.3) is 0 Å². The van der Waals surface area contributed by atoms with E-state index in [1.807, 2.05) is 19.1 Å². The summed E-state index contributed by atoms with van der Waals surface area (Å²) in [4.78, 5) is 11.9. The highest BCUT2D eigenvalue weighted by Gasteiger charge is 2.17. The Hall–Kier alpha value is -1.10. The maximum absolute atomic E-state index is 11.9. The van der Waals surface area contributed by atoms with Crippen molar-refractivity contribution in [1.29, 1.82) is 0 Å². The van der Waals surface area contributed by atoms with Gasteiger partial charge >= 0.3 is 0 Å². The van der Waals surface area contributed by atoms with E-state index in [0.717, 1.165) is 24.3 Å². The van der Waals surface area contributed by atoms with Crippen molar-refractivity contribution in [2.24, 2.45) is 0 Å². The topological polar surface area (TPSA) is 50.4 Å². The van der Waals surface area contributed by atoms with Gasteiger partial charge < -0.3 is 15.4 Å². The maximum atomic E-state index is 11.9. The zero-order chi connectivity index (χ0) is 13.0. The maximum Gasteiger partial charge on any atom is 0.227 e. The molecule has 1 heterocycles. The van der Waals surface area contributed by atoms with Gasteiger partial charge in [-0.05, 0) is 30.7 Å². The number of hydrogen-bond donors (Lipinski definition) is 2. The van der Waals surface area contributed by atoms with Crippen molar-refractivity contribution in [3.05, 3.63) is 28.8 Å². The van der Waals surface area contributed by atoms with Crippen LogP contribution in [0.4, 0.5) is 5.69 Å². The number of carbonyl (C=O) groups is 1. The number of ether oxygens (including phenoxy) is 1. The highest BCUT2D eigenvalue weighted by molar-refractivity contribution is 6.30. The molecule has 4 nitrogen and oxygen atoms in total. The highest BCUT2D eigenvalue weighted by atomic mass is 35.5. The normalized spacial score (nSPS) is 19.6. The Morgan fingerprint density at radius 1 is 1.61 bits per heavy atom. The van der Waals surface area contributed by atoms with Gasteiger partial charge in [0.2, 0.25) is 5.91 Å². The Balaban J connectivity index is 1.90. The Morgan fingerprint density at radius 2 is 2.44 bits per heavy atom. The van der Waals surface area contributed by atoms with E-state index in [0.29, 0.717) is 18.1 Å². The van der Waals surface area contributed by atoms with Gasteiger partial charge in [-0.3, -0.25) is 4.79 Å². The first-order valence-electron chi connectivity index (χ1n) is 6.03. The third-order valence-corrected chi connectivity index (χ3v) is 3.12. The van der Waals surface area contributed by atoms with Crippen LogP contribution >= 0.6 is 11.6 Å². The van der Waals surface area contributed by atoms with Crippen molar-refractivity contribution in [1.82, 2.24) is 5.32 Å². The van der Waals surface area contributed by atoms with Crippen LogP contribution in [0, 0.1) is 6.92 Å². The zero-order valence-corrected chi connectivity index (χ0v) is 11.1. The second-order valence-corrected chi connectivity index (χ2v) is 4.84. The summed E-state index contributed by atoms with van der Waals surface area (Å²) in [6.07, 6.45) is 0.334. The lowest BCUT2D eigenvalue weighted by molar-refractivity contribution is -0.119. The second-order valence-electron chi connectivity index (χ2n) is 4.41. The van der Waals surface area contributed by atoms with Gasteiger partial charge in [0.1, 0.15) is 0 Å². The molecular formula is C13H17ClN2O2. The van der Waals surface area contributed by atoms with Crippen molar-refractivity contribution in [3.63, 3.8) is 0 Å². The summed E-state index contributed by atoms with van der Waals surface area (Å²) in [5.74, 6) is -0.0332. The van der Waals surface area contributed by atoms with E-state index >= 15 is 0 Å². The number of halogens is 1. The molecule has 98 valence electrons. The van der Waals surface area contributed by atoms with Gasteiger partial charge in [-0.25, -0.2) is 0 Å². The number of aryl methyl sites for hydroxylation is 1. The molecule has 0 aromatic heterocycles. The largest absolute Gasteiger partial charge is 0.375 e. The van der Waals surface area contributed by atoms with E-state index in [4.69, 9.17) is 16.3 Å². The number of amides is 1. The molecule has 0 bridgehead atoms. The molecule has 1 aromatic carbocycles. The minimum atomic E-state index is -0.0358. The third kappa shape index (κ3) is 3.70. The summed E-state index contributed by atoms with van der Waals surface area (Å²) >= 11 is 5.87. The van der Waals surface area contributed by atoms with Gasteiger partial charge in [0.15, 0.2) is 0 Å². The lowest BCUT2D eigenvalue weighted by atomic mass is 10.1. The molecule has 1 aliphatic heterocycles. The molecule has 1 unspecified atom stereocenters. The molecule has 0 aliphatic carbocycles. The lowest BCUT2D eigenvalue weighted by Gasteiger charge is -2.23. The monoisotopic (exact) mass is 268 g/mol. The molecule has 5 heteroatoms. The number of morpholine rings is 1. The predicted octanol–water partition coefficient (Wildman–Crippen LogP) is 1.97. The molecule has 0 spiro atoms. The molecule has 1 amide bonds. The summed E-state index contributed by atoms with van der Waals surface area (Å²) in [5, 5.41) is 6.75. The summed E-state index contributed by atoms with van der Waals surface area (Å²) in [5.41, 5.74) is 1.76. The highest BCUT2D eigenvalue weighted by Crippen LogP contribution is 2.20. The van der Waals surface area contributed by atoms with E-state index in [-0.39, 0.29) is 12.0 Å². The lowest BCUT2D eigenvalue weighted by Crippen LogP contribution is -2.40. The minimum Gasteiger partial charge on any atom is -0.375 e. The molecule has 1 aliphatic rings. The van der Waals surface area contributed by atoms with Gasteiger partial charge in [-0.1, -0.05) is 11.6 Å². The zero-order valence-electron chi connectivity index (χ0n) is 10.3. The predicted molar refractivity (Wildman–Crippen MR) is 72.0 cm³/mol. The standard InChI is InChI=1S/C13H17ClN2O2/c1-9-6-10(14)2-3-12(9)16-13(17)7-11-8-15-4-5-18-11/h2-3,6,11,15H,4-5,7-8H2,1H3,(H,16,17). The summed E-state index contributed by atoms with van der Waals surface area (Å²) in [7, 11) is 0. The average Bonchev–Trinajstić information content (AvgIpc) is 2.34. The molecule has 0 saturated carbocycles. The van der Waals surface area contributed by atoms with Gasteiger partial charge in [0.05, 0.1) is 19.1 Å². The van der Waals surface area contributed by atoms with Crippen LogP contribution in [0.3, 0.4) is 0 Å². The molecule has 1 aromatic rings. The van der Waals surface area contributed by atoms with Crippen LogP contribution in [0.1, 0.15) is 12.0 Å². The van der Waals surface area contributed by atoms with Crippen molar-refractivity contribution < 1.29 is 9.53 Å². The molecule has 18 heavy (non-hydrogen) atoms. The Bertz CT molecular complexity index is 431. The molecule has 1 fully saturated rings. The second kappa shape index (κ2) is 6.18. The van der Waals surface area contributed by atoms with Crippen LogP contribution in [0.5, 0.6) is 0 Å². The van der Waals surface area contributed by atoms with E-state index in [9.17, 15) is 4.79 Å². The van der Waals surface area contributed by atoms with Crippen LogP contribution in [-0.2, 0) is 9.53 Å². The molecule has 0 radical (unpaired) electrons. The third-order valence-electron chi connectivity index (χ3n) is 2.88. The van der Waals surface area contributed by atoms with E-state index in [2.05, 4.69) is 10.6 Å². The number of rotatable bonds is 3. The first kappa shape index (κ1) is 13.3. The smallest absolute Gasteiger partial charge is 0.227 e. The van der Waals surface area contributed by atoms with Crippen LogP contribution < -0.4 is 10.6 Å². The fourth-order valence-corrected chi connectivity index (χ4v) is 2.15. The number of carbonyl (C=O) groups excluding carboxylic acids is 1. The number of anilines is 1. The van der Waals surface area contributed by atoms with Crippen molar-refractivity contribution in [3.8, 4) is 0 Å². The number of benzene rings is 1. The summed E-state index contributed by atoms with van der Waals surface area (Å²) in [6, 6.07) is 5.41. The number of nitrogens with one attached hydrogen (secondary N) is 2. The van der Waals surface area contributed by atoms with Crippen LogP contribution in [0.2, 0.25) is 5.02 Å². The average molecular weight is 269 g/mol. The Morgan fingerprint density at radius 3 is 3.11 bits per heavy atom. The Kier molecular flexibility index (Phi) is 4.58. The van der Waals surface area contributed by atoms with E-state index in [1.54, 1.807) is 6.07 Å². The van der Waals surface area contributed by atoms with Gasteiger partial charge in [-0.15, -0.1) is 0 Å². The molecule has 2 N–H and O–H groups in total. The van der Waals surface area contributed by atoms with Gasteiger partial charge in [-0.2, -0.15) is 0 Å². The fraction of sp³-hybridized carbons (Fsp3) is 0.462.